The Morgan fingerprint density at radius 3 is 2.52 bits per heavy atom. The standard InChI is InChI=1S/C44H39ClN4O6S/c1-6-23-11-14-25(15-12-23)48-40(51)27-17-16-26-30(36(27)42(48)53)20-31-41(52)49(43(54)44(31,4)37(26)28-9-8-10-33(38(28)50)55-7-2)35-21-32(46-47(35)5)39-22(3)29-19-24(45)13-18-34(29)56-39/h6,8-16,18-19,21,27,30-31,36-37,50H,1,7,17,20H2,2-5H3/t27-,30+,31-,36-,37+,44+/m0/s1. The van der Waals surface area contributed by atoms with Crippen molar-refractivity contribution in [3.05, 3.63) is 107 Å². The topological polar surface area (TPSA) is 122 Å². The Hall–Kier alpha value is -5.52. The van der Waals surface area contributed by atoms with Crippen LogP contribution in [-0.4, -0.2) is 45.1 Å². The van der Waals surface area contributed by atoms with E-state index >= 15 is 4.79 Å². The van der Waals surface area contributed by atoms with E-state index in [1.807, 2.05) is 50.3 Å². The Morgan fingerprint density at radius 1 is 1.02 bits per heavy atom. The van der Waals surface area contributed by atoms with Crippen LogP contribution in [0.2, 0.25) is 5.02 Å². The lowest BCUT2D eigenvalue weighted by Crippen LogP contribution is -2.49. The Morgan fingerprint density at radius 2 is 1.79 bits per heavy atom. The van der Waals surface area contributed by atoms with Gasteiger partial charge in [-0.05, 0) is 92.4 Å². The van der Waals surface area contributed by atoms with E-state index in [2.05, 4.69) is 6.58 Å². The highest BCUT2D eigenvalue weighted by molar-refractivity contribution is 7.22. The summed E-state index contributed by atoms with van der Waals surface area (Å²) in [5, 5.41) is 18.2. The van der Waals surface area contributed by atoms with Gasteiger partial charge in [0.25, 0.3) is 0 Å². The van der Waals surface area contributed by atoms with Crippen molar-refractivity contribution in [2.75, 3.05) is 16.4 Å². The van der Waals surface area contributed by atoms with E-state index in [0.717, 1.165) is 31.7 Å². The van der Waals surface area contributed by atoms with E-state index in [1.165, 1.54) is 9.80 Å². The lowest BCUT2D eigenvalue weighted by Gasteiger charge is -2.49. The maximum absolute atomic E-state index is 15.2. The highest BCUT2D eigenvalue weighted by Crippen LogP contribution is 2.65. The number of imide groups is 2. The second-order valence-electron chi connectivity index (χ2n) is 15.3. The Balaban J connectivity index is 1.16. The summed E-state index contributed by atoms with van der Waals surface area (Å²) in [7, 11) is 1.71. The van der Waals surface area contributed by atoms with Crippen LogP contribution in [0, 0.1) is 36.0 Å². The van der Waals surface area contributed by atoms with Crippen molar-refractivity contribution < 1.29 is 29.0 Å². The van der Waals surface area contributed by atoms with Gasteiger partial charge >= 0.3 is 0 Å². The van der Waals surface area contributed by atoms with Crippen LogP contribution in [0.4, 0.5) is 11.5 Å². The molecule has 2 aliphatic carbocycles. The number of allylic oxidation sites excluding steroid dienone is 2. The fourth-order valence-electron chi connectivity index (χ4n) is 9.85. The van der Waals surface area contributed by atoms with E-state index in [1.54, 1.807) is 72.5 Å². The molecule has 12 heteroatoms. The van der Waals surface area contributed by atoms with Gasteiger partial charge < -0.3 is 9.84 Å². The van der Waals surface area contributed by atoms with Gasteiger partial charge in [0.15, 0.2) is 11.5 Å². The van der Waals surface area contributed by atoms with Gasteiger partial charge in [-0.15, -0.1) is 11.3 Å². The first-order chi connectivity index (χ1) is 26.9. The van der Waals surface area contributed by atoms with Crippen LogP contribution >= 0.6 is 22.9 Å². The van der Waals surface area contributed by atoms with Gasteiger partial charge in [0.2, 0.25) is 23.6 Å². The molecule has 1 N–H and O–H groups in total. The molecule has 9 rings (SSSR count). The number of carbonyl (C=O) groups excluding carboxylic acids is 4. The number of aromatic nitrogens is 2. The minimum atomic E-state index is -1.37. The first-order valence-corrected chi connectivity index (χ1v) is 19.9. The van der Waals surface area contributed by atoms with Crippen LogP contribution in [0.5, 0.6) is 11.5 Å². The number of hydrogen-bond acceptors (Lipinski definition) is 8. The molecule has 3 fully saturated rings. The van der Waals surface area contributed by atoms with Crippen LogP contribution in [0.15, 0.2) is 85.0 Å². The van der Waals surface area contributed by atoms with Crippen LogP contribution in [0.1, 0.15) is 49.3 Å². The van der Waals surface area contributed by atoms with Crippen molar-refractivity contribution in [2.24, 2.45) is 36.1 Å². The molecule has 0 bridgehead atoms. The number of fused-ring (bicyclic) bond motifs is 5. The zero-order chi connectivity index (χ0) is 39.4. The van der Waals surface area contributed by atoms with Gasteiger partial charge in [0.1, 0.15) is 11.5 Å². The van der Waals surface area contributed by atoms with Gasteiger partial charge in [-0.2, -0.15) is 5.10 Å². The number of phenols is 1. The molecule has 56 heavy (non-hydrogen) atoms. The average molecular weight is 787 g/mol. The number of carbonyl (C=O) groups is 4. The molecule has 3 aromatic carbocycles. The number of phenolic OH excluding ortho intramolecular Hbond substituents is 1. The highest BCUT2D eigenvalue weighted by atomic mass is 35.5. The second kappa shape index (κ2) is 13.0. The molecular formula is C44H39ClN4O6S. The minimum absolute atomic E-state index is 0.123. The number of thiophene rings is 1. The summed E-state index contributed by atoms with van der Waals surface area (Å²) < 4.78 is 8.40. The van der Waals surface area contributed by atoms with Crippen molar-refractivity contribution >= 4 is 74.2 Å². The summed E-state index contributed by atoms with van der Waals surface area (Å²) in [5.41, 5.74) is 2.78. The lowest BCUT2D eigenvalue weighted by molar-refractivity contribution is -0.131. The van der Waals surface area contributed by atoms with Crippen LogP contribution < -0.4 is 14.5 Å². The fourth-order valence-corrected chi connectivity index (χ4v) is 11.2. The van der Waals surface area contributed by atoms with E-state index in [0.29, 0.717) is 34.4 Å². The number of amides is 4. The van der Waals surface area contributed by atoms with E-state index in [4.69, 9.17) is 21.4 Å². The first kappa shape index (κ1) is 36.1. The lowest BCUT2D eigenvalue weighted by atomic mass is 9.51. The molecule has 4 amide bonds. The summed E-state index contributed by atoms with van der Waals surface area (Å²) in [4.78, 5) is 62.1. The predicted molar refractivity (Wildman–Crippen MR) is 217 cm³/mol. The van der Waals surface area contributed by atoms with Crippen molar-refractivity contribution in [1.29, 1.82) is 0 Å². The van der Waals surface area contributed by atoms with Crippen molar-refractivity contribution in [3.63, 3.8) is 0 Å². The number of aromatic hydroxyl groups is 1. The number of benzene rings is 3. The Labute approximate surface area is 332 Å². The molecule has 2 saturated heterocycles. The minimum Gasteiger partial charge on any atom is -0.504 e. The third-order valence-electron chi connectivity index (χ3n) is 12.5. The van der Waals surface area contributed by atoms with Crippen LogP contribution in [0.3, 0.4) is 0 Å². The molecule has 4 aliphatic rings. The van der Waals surface area contributed by atoms with E-state index in [9.17, 15) is 19.5 Å². The number of hydrogen-bond donors (Lipinski definition) is 1. The molecule has 4 heterocycles. The van der Waals surface area contributed by atoms with Crippen molar-refractivity contribution in [1.82, 2.24) is 9.78 Å². The molecule has 6 atom stereocenters. The number of ether oxygens (including phenoxy) is 1. The smallest absolute Gasteiger partial charge is 0.242 e. The summed E-state index contributed by atoms with van der Waals surface area (Å²) in [6.07, 6.45) is 4.12. The average Bonchev–Trinajstić information content (AvgIpc) is 3.86. The maximum Gasteiger partial charge on any atom is 0.242 e. The number of aryl methyl sites for hydroxylation is 2. The maximum atomic E-state index is 15.2. The Bertz CT molecular complexity index is 2570. The predicted octanol–water partition coefficient (Wildman–Crippen LogP) is 8.45. The number of anilines is 2. The summed E-state index contributed by atoms with van der Waals surface area (Å²) in [6, 6.07) is 19.8. The number of para-hydroxylation sites is 1. The van der Waals surface area contributed by atoms with Gasteiger partial charge in [-0.3, -0.25) is 28.8 Å². The molecule has 10 nitrogen and oxygen atoms in total. The molecule has 0 spiro atoms. The second-order valence-corrected chi connectivity index (χ2v) is 16.8. The SMILES string of the molecule is C=Cc1ccc(N2C(=O)[C@H]3[C@H](CC=C4[C@H]3C[C@H]3C(=O)N(c5cc(-c6sc7ccc(Cl)cc7c6C)nn5C)C(=O)[C@@]3(C)[C@H]4c3cccc(OCC)c3O)C2=O)cc1. The van der Waals surface area contributed by atoms with Crippen LogP contribution in [-0.2, 0) is 26.2 Å². The van der Waals surface area contributed by atoms with Gasteiger partial charge in [-0.25, -0.2) is 4.90 Å². The summed E-state index contributed by atoms with van der Waals surface area (Å²) in [6.45, 7) is 9.72. The zero-order valence-electron chi connectivity index (χ0n) is 31.3. The molecule has 2 aliphatic heterocycles. The van der Waals surface area contributed by atoms with Gasteiger partial charge in [-0.1, -0.05) is 60.2 Å². The largest absolute Gasteiger partial charge is 0.504 e. The van der Waals surface area contributed by atoms with E-state index in [-0.39, 0.29) is 36.2 Å². The number of rotatable bonds is 7. The number of halogens is 1. The van der Waals surface area contributed by atoms with Gasteiger partial charge in [0, 0.05) is 34.3 Å². The fraction of sp³-hybridized carbons (Fsp3) is 0.295. The normalized spacial score (nSPS) is 25.7. The third kappa shape index (κ3) is 5.02. The van der Waals surface area contributed by atoms with Crippen molar-refractivity contribution in [2.45, 2.75) is 39.5 Å². The highest BCUT2D eigenvalue weighted by Gasteiger charge is 2.68. The quantitative estimate of drug-likeness (QED) is 0.130. The Kier molecular flexibility index (Phi) is 8.41. The van der Waals surface area contributed by atoms with E-state index < -0.39 is 46.8 Å². The summed E-state index contributed by atoms with van der Waals surface area (Å²) >= 11 is 7.89. The zero-order valence-corrected chi connectivity index (χ0v) is 32.9. The summed E-state index contributed by atoms with van der Waals surface area (Å²) in [5.74, 6) is -4.62. The molecule has 2 aromatic heterocycles. The number of nitrogens with zero attached hydrogens (tertiary/aromatic N) is 4. The molecule has 284 valence electrons. The van der Waals surface area contributed by atoms with Crippen LogP contribution in [0.25, 0.3) is 26.7 Å². The first-order valence-electron chi connectivity index (χ1n) is 18.7. The van der Waals surface area contributed by atoms with Gasteiger partial charge in [0.05, 0.1) is 40.3 Å². The molecule has 5 aromatic rings. The monoisotopic (exact) mass is 786 g/mol. The molecule has 0 radical (unpaired) electrons. The molecular weight excluding hydrogens is 748 g/mol. The van der Waals surface area contributed by atoms with Crippen molar-refractivity contribution in [3.8, 4) is 22.1 Å². The molecule has 0 unspecified atom stereocenters. The third-order valence-corrected chi connectivity index (χ3v) is 14.0. The molecule has 1 saturated carbocycles.